The molecule has 3 rings (SSSR count). The van der Waals surface area contributed by atoms with Gasteiger partial charge in [-0.25, -0.2) is 16.8 Å². The largest absolute Gasteiger partial charge is 4.00 e. The van der Waals surface area contributed by atoms with Gasteiger partial charge in [-0.2, -0.15) is 17.2 Å². The van der Waals surface area contributed by atoms with Crippen LogP contribution in [0.2, 0.25) is 0 Å². The Balaban J connectivity index is 0. The van der Waals surface area contributed by atoms with Gasteiger partial charge in [-0.3, -0.25) is 12.2 Å². The summed E-state index contributed by atoms with van der Waals surface area (Å²) < 4.78 is 0. The molecule has 0 unspecified atom stereocenters. The Bertz CT molecular complexity index is 637. The van der Waals surface area contributed by atoms with Gasteiger partial charge in [-0.1, -0.05) is 48.9 Å². The predicted molar refractivity (Wildman–Crippen MR) is 92.5 cm³/mol. The summed E-state index contributed by atoms with van der Waals surface area (Å²) >= 11 is 0. The topological polar surface area (TPSA) is 0 Å². The van der Waals surface area contributed by atoms with Crippen molar-refractivity contribution in [2.75, 3.05) is 0 Å². The summed E-state index contributed by atoms with van der Waals surface area (Å²) in [7, 11) is 0.776. The first-order chi connectivity index (χ1) is 10.1. The van der Waals surface area contributed by atoms with Crippen molar-refractivity contribution in [2.24, 2.45) is 0 Å². The molecule has 0 nitrogen and oxygen atoms in total. The number of rotatable bonds is 2. The molecule has 0 atom stereocenters. The standard InChI is InChI=1S/C12H11Si.C8H11.2ClH.Zr/c1-10-6-2-5-9-12(10)13-11-7-3-4-8-11;1-6-4-5-7(2)8(6)3;;;/h2-3,5-7,9H,4H2,1H3;4H2,1-3H3;2*1H;/q2*-1;;;+4/p-2. The fourth-order valence-corrected chi connectivity index (χ4v) is 3.34. The Kier molecular flexibility index (Phi) is 14.3. The molecule has 4 heteroatoms. The molecule has 0 saturated carbocycles. The van der Waals surface area contributed by atoms with E-state index in [1.54, 1.807) is 0 Å². The normalized spacial score (nSPS) is 14.5. The zero-order valence-electron chi connectivity index (χ0n) is 14.6. The van der Waals surface area contributed by atoms with Crippen LogP contribution in [-0.4, -0.2) is 9.52 Å². The van der Waals surface area contributed by atoms with E-state index in [1.807, 2.05) is 0 Å². The van der Waals surface area contributed by atoms with E-state index in [4.69, 9.17) is 0 Å². The summed E-state index contributed by atoms with van der Waals surface area (Å²) in [6.07, 6.45) is 13.0. The quantitative estimate of drug-likeness (QED) is 0.377. The van der Waals surface area contributed by atoms with E-state index in [1.165, 1.54) is 32.7 Å². The molecular formula is C20H22Cl2SiZr. The summed E-state index contributed by atoms with van der Waals surface area (Å²) in [4.78, 5) is 0. The third-order valence-corrected chi connectivity index (χ3v) is 5.37. The summed E-state index contributed by atoms with van der Waals surface area (Å²) in [5, 5.41) is 2.80. The molecule has 124 valence electrons. The first kappa shape index (κ1) is 26.1. The minimum Gasteiger partial charge on any atom is -1.00 e. The molecule has 2 aliphatic rings. The molecule has 1 aromatic rings. The third kappa shape index (κ3) is 7.83. The third-order valence-electron chi connectivity index (χ3n) is 3.93. The molecule has 1 aromatic carbocycles. The van der Waals surface area contributed by atoms with E-state index in [0.717, 1.165) is 22.4 Å². The molecule has 2 radical (unpaired) electrons. The Labute approximate surface area is 181 Å². The molecule has 0 fully saturated rings. The molecule has 0 aliphatic heterocycles. The molecular weight excluding hydrogens is 430 g/mol. The van der Waals surface area contributed by atoms with Crippen molar-refractivity contribution in [2.45, 2.75) is 40.5 Å². The Hall–Kier alpha value is -0.140. The van der Waals surface area contributed by atoms with Crippen molar-refractivity contribution >= 4 is 14.7 Å². The van der Waals surface area contributed by atoms with Crippen molar-refractivity contribution in [3.8, 4) is 0 Å². The van der Waals surface area contributed by atoms with Gasteiger partial charge in [-0.05, 0) is 6.92 Å². The van der Waals surface area contributed by atoms with Crippen LogP contribution < -0.4 is 30.0 Å². The van der Waals surface area contributed by atoms with Crippen LogP contribution in [0.5, 0.6) is 0 Å². The first-order valence-corrected chi connectivity index (χ1v) is 8.42. The smallest absolute Gasteiger partial charge is 1.00 e. The van der Waals surface area contributed by atoms with E-state index < -0.39 is 0 Å². The second-order valence-electron chi connectivity index (χ2n) is 5.52. The summed E-state index contributed by atoms with van der Waals surface area (Å²) in [6.45, 7) is 8.61. The maximum absolute atomic E-state index is 3.35. The number of hydrogen-bond donors (Lipinski definition) is 0. The summed E-state index contributed by atoms with van der Waals surface area (Å²) in [5.41, 5.74) is 5.63. The van der Waals surface area contributed by atoms with Gasteiger partial charge in [-0.15, -0.1) is 19.8 Å². The van der Waals surface area contributed by atoms with Crippen LogP contribution in [0.4, 0.5) is 0 Å². The van der Waals surface area contributed by atoms with Crippen LogP contribution in [0.1, 0.15) is 39.2 Å². The van der Waals surface area contributed by atoms with E-state index in [0.29, 0.717) is 0 Å². The predicted octanol–water partition coefficient (Wildman–Crippen LogP) is -1.55. The van der Waals surface area contributed by atoms with Crippen molar-refractivity contribution in [1.82, 2.24) is 0 Å². The van der Waals surface area contributed by atoms with Gasteiger partial charge in [0.1, 0.15) is 0 Å². The Morgan fingerprint density at radius 1 is 0.958 bits per heavy atom. The molecule has 2 aliphatic carbocycles. The van der Waals surface area contributed by atoms with E-state index in [2.05, 4.69) is 76.3 Å². The molecule has 0 N–H and O–H groups in total. The van der Waals surface area contributed by atoms with Gasteiger partial charge in [0.2, 0.25) is 0 Å². The minimum atomic E-state index is 0. The van der Waals surface area contributed by atoms with Gasteiger partial charge in [0.15, 0.2) is 0 Å². The molecule has 0 aromatic heterocycles. The molecule has 0 saturated heterocycles. The van der Waals surface area contributed by atoms with E-state index in [-0.39, 0.29) is 51.0 Å². The maximum atomic E-state index is 3.35. The van der Waals surface area contributed by atoms with Gasteiger partial charge in [0.05, 0.1) is 9.52 Å². The number of hydrogen-bond acceptors (Lipinski definition) is 0. The maximum Gasteiger partial charge on any atom is 4.00 e. The number of allylic oxidation sites excluding steroid dienone is 8. The van der Waals surface area contributed by atoms with Crippen molar-refractivity contribution in [3.05, 3.63) is 76.0 Å². The van der Waals surface area contributed by atoms with Crippen LogP contribution in [0.3, 0.4) is 0 Å². The zero-order chi connectivity index (χ0) is 15.2. The zero-order valence-corrected chi connectivity index (χ0v) is 19.6. The van der Waals surface area contributed by atoms with E-state index in [9.17, 15) is 0 Å². The van der Waals surface area contributed by atoms with Gasteiger partial charge >= 0.3 is 26.2 Å². The fraction of sp³-hybridized carbons (Fsp3) is 0.300. The fourth-order valence-electron chi connectivity index (χ4n) is 2.20. The van der Waals surface area contributed by atoms with Gasteiger partial charge < -0.3 is 24.8 Å². The average molecular weight is 453 g/mol. The van der Waals surface area contributed by atoms with Crippen LogP contribution in [-0.2, 0) is 26.2 Å². The second-order valence-corrected chi connectivity index (χ2v) is 6.85. The average Bonchev–Trinajstić information content (AvgIpc) is 3.08. The monoisotopic (exact) mass is 450 g/mol. The Morgan fingerprint density at radius 3 is 2.04 bits per heavy atom. The van der Waals surface area contributed by atoms with E-state index >= 15 is 0 Å². The van der Waals surface area contributed by atoms with Crippen LogP contribution >= 0.6 is 0 Å². The molecule has 0 bridgehead atoms. The number of aryl methyl sites for hydroxylation is 1. The Morgan fingerprint density at radius 2 is 1.62 bits per heavy atom. The van der Waals surface area contributed by atoms with Gasteiger partial charge in [0, 0.05) is 0 Å². The molecule has 0 amide bonds. The number of halogens is 2. The number of benzene rings is 1. The molecule has 24 heavy (non-hydrogen) atoms. The van der Waals surface area contributed by atoms with Gasteiger partial charge in [0.25, 0.3) is 0 Å². The summed E-state index contributed by atoms with van der Waals surface area (Å²) in [5.74, 6) is 0. The molecule has 0 heterocycles. The van der Waals surface area contributed by atoms with Crippen molar-refractivity contribution < 1.29 is 51.0 Å². The molecule has 0 spiro atoms. The minimum absolute atomic E-state index is 0. The SMILES string of the molecule is CC1=[C-]CC(C)=C1C.Cc1ccccc1[Si]C1=[C-]CC=C1.[Cl-].[Cl-].[Zr+4]. The van der Waals surface area contributed by atoms with Crippen LogP contribution in [0, 0.1) is 19.1 Å². The second kappa shape index (κ2) is 13.1. The van der Waals surface area contributed by atoms with Crippen molar-refractivity contribution in [3.63, 3.8) is 0 Å². The van der Waals surface area contributed by atoms with Crippen LogP contribution in [0.25, 0.3) is 0 Å². The van der Waals surface area contributed by atoms with Crippen LogP contribution in [0.15, 0.2) is 58.3 Å². The first-order valence-electron chi connectivity index (χ1n) is 7.42. The summed E-state index contributed by atoms with van der Waals surface area (Å²) in [6, 6.07) is 8.57. The van der Waals surface area contributed by atoms with Crippen molar-refractivity contribution in [1.29, 1.82) is 0 Å².